The molecule has 1 atom stereocenters. The van der Waals surface area contributed by atoms with Crippen molar-refractivity contribution in [1.29, 1.82) is 0 Å². The molecule has 2 N–H and O–H groups in total. The molecule has 0 amide bonds. The smallest absolute Gasteiger partial charge is 0.222 e. The number of nitrogens with two attached hydrogens (primary N) is 1. The van der Waals surface area contributed by atoms with Gasteiger partial charge in [0.25, 0.3) is 0 Å². The molecule has 4 heteroatoms. The number of hydrogen-bond donors (Lipinski definition) is 1. The van der Waals surface area contributed by atoms with E-state index >= 15 is 0 Å². The standard InChI is InChI=1S/C10H16NO2P/c1-3-8-5-6-10(9(11)7-8)14(12)13-4-2/h5-7,14H,3-4,11H2,1-2H3. The fourth-order valence-corrected chi connectivity index (χ4v) is 2.17. The summed E-state index contributed by atoms with van der Waals surface area (Å²) in [6.45, 7) is 4.33. The first kappa shape index (κ1) is 11.3. The van der Waals surface area contributed by atoms with Crippen LogP contribution in [0.5, 0.6) is 0 Å². The summed E-state index contributed by atoms with van der Waals surface area (Å²) in [5, 5.41) is 0.633. The fraction of sp³-hybridized carbons (Fsp3) is 0.400. The van der Waals surface area contributed by atoms with E-state index in [4.69, 9.17) is 10.3 Å². The van der Waals surface area contributed by atoms with Gasteiger partial charge in [0.1, 0.15) is 0 Å². The first-order valence-corrected chi connectivity index (χ1v) is 6.06. The molecule has 0 bridgehead atoms. The number of anilines is 1. The highest BCUT2D eigenvalue weighted by Gasteiger charge is 2.07. The molecule has 78 valence electrons. The van der Waals surface area contributed by atoms with Gasteiger partial charge in [-0.25, -0.2) is 0 Å². The van der Waals surface area contributed by atoms with Crippen molar-refractivity contribution >= 4 is 19.0 Å². The summed E-state index contributed by atoms with van der Waals surface area (Å²) in [7, 11) is -2.15. The van der Waals surface area contributed by atoms with Crippen molar-refractivity contribution in [2.75, 3.05) is 12.3 Å². The Morgan fingerprint density at radius 2 is 2.14 bits per heavy atom. The highest BCUT2D eigenvalue weighted by Crippen LogP contribution is 2.25. The number of aryl methyl sites for hydroxylation is 1. The number of hydrogen-bond acceptors (Lipinski definition) is 3. The molecule has 3 nitrogen and oxygen atoms in total. The summed E-state index contributed by atoms with van der Waals surface area (Å²) < 4.78 is 16.6. The third kappa shape index (κ3) is 2.60. The topological polar surface area (TPSA) is 52.3 Å². The van der Waals surface area contributed by atoms with E-state index in [9.17, 15) is 4.57 Å². The molecule has 0 saturated carbocycles. The summed E-state index contributed by atoms with van der Waals surface area (Å²) in [4.78, 5) is 0. The quantitative estimate of drug-likeness (QED) is 0.614. The monoisotopic (exact) mass is 213 g/mol. The molecule has 0 fully saturated rings. The van der Waals surface area contributed by atoms with Crippen LogP contribution in [-0.4, -0.2) is 6.61 Å². The van der Waals surface area contributed by atoms with E-state index < -0.39 is 8.03 Å². The minimum absolute atomic E-state index is 0.451. The van der Waals surface area contributed by atoms with Gasteiger partial charge in [0.05, 0.1) is 11.9 Å². The van der Waals surface area contributed by atoms with Crippen molar-refractivity contribution in [2.24, 2.45) is 0 Å². The Morgan fingerprint density at radius 3 is 2.64 bits per heavy atom. The average molecular weight is 213 g/mol. The normalized spacial score (nSPS) is 12.7. The third-order valence-electron chi connectivity index (χ3n) is 2.02. The van der Waals surface area contributed by atoms with Crippen LogP contribution in [0.4, 0.5) is 5.69 Å². The summed E-state index contributed by atoms with van der Waals surface area (Å²) >= 11 is 0. The Bertz CT molecular complexity index is 339. The van der Waals surface area contributed by atoms with E-state index in [1.54, 1.807) is 6.07 Å². The molecule has 14 heavy (non-hydrogen) atoms. The SMILES string of the molecule is CCO[PH](=O)c1ccc(CC)cc1N. The number of benzene rings is 1. The van der Waals surface area contributed by atoms with Crippen LogP contribution in [0.25, 0.3) is 0 Å². The van der Waals surface area contributed by atoms with Gasteiger partial charge in [-0.1, -0.05) is 13.0 Å². The van der Waals surface area contributed by atoms with E-state index in [2.05, 4.69) is 6.92 Å². The minimum atomic E-state index is -2.15. The molecule has 1 aromatic rings. The lowest BCUT2D eigenvalue weighted by Gasteiger charge is -2.07. The van der Waals surface area contributed by atoms with Crippen molar-refractivity contribution < 1.29 is 9.09 Å². The molecule has 0 aliphatic carbocycles. The van der Waals surface area contributed by atoms with Crippen LogP contribution in [-0.2, 0) is 15.5 Å². The maximum Gasteiger partial charge on any atom is 0.222 e. The maximum absolute atomic E-state index is 11.5. The van der Waals surface area contributed by atoms with Gasteiger partial charge in [0, 0.05) is 5.69 Å². The van der Waals surface area contributed by atoms with Crippen LogP contribution < -0.4 is 11.0 Å². The summed E-state index contributed by atoms with van der Waals surface area (Å²) in [5.41, 5.74) is 7.50. The second-order valence-electron chi connectivity index (χ2n) is 3.00. The molecule has 0 heterocycles. The van der Waals surface area contributed by atoms with Gasteiger partial charge in [0.15, 0.2) is 0 Å². The zero-order chi connectivity index (χ0) is 10.6. The Hall–Kier alpha value is -0.790. The average Bonchev–Trinajstić information content (AvgIpc) is 2.17. The maximum atomic E-state index is 11.5. The molecule has 0 aromatic heterocycles. The third-order valence-corrected chi connectivity index (χ3v) is 3.47. The van der Waals surface area contributed by atoms with E-state index in [1.807, 2.05) is 19.1 Å². The predicted octanol–water partition coefficient (Wildman–Crippen LogP) is 1.97. The molecular weight excluding hydrogens is 197 g/mol. The van der Waals surface area contributed by atoms with E-state index in [1.165, 1.54) is 0 Å². The van der Waals surface area contributed by atoms with E-state index in [-0.39, 0.29) is 0 Å². The van der Waals surface area contributed by atoms with Crippen LogP contribution >= 0.6 is 8.03 Å². The molecular formula is C10H16NO2P. The molecule has 0 saturated heterocycles. The first-order valence-electron chi connectivity index (χ1n) is 4.74. The highest BCUT2D eigenvalue weighted by molar-refractivity contribution is 7.48. The number of rotatable bonds is 4. The van der Waals surface area contributed by atoms with Crippen LogP contribution in [0.3, 0.4) is 0 Å². The Labute approximate surface area is 85.1 Å². The van der Waals surface area contributed by atoms with Gasteiger partial charge in [-0.2, -0.15) is 0 Å². The van der Waals surface area contributed by atoms with Gasteiger partial charge < -0.3 is 10.3 Å². The van der Waals surface area contributed by atoms with Crippen LogP contribution in [0.2, 0.25) is 0 Å². The molecule has 1 unspecified atom stereocenters. The van der Waals surface area contributed by atoms with Gasteiger partial charge in [0.2, 0.25) is 8.03 Å². The highest BCUT2D eigenvalue weighted by atomic mass is 31.1. The van der Waals surface area contributed by atoms with Crippen molar-refractivity contribution in [1.82, 2.24) is 0 Å². The van der Waals surface area contributed by atoms with Crippen molar-refractivity contribution in [3.05, 3.63) is 23.8 Å². The van der Waals surface area contributed by atoms with Crippen molar-refractivity contribution in [2.45, 2.75) is 20.3 Å². The van der Waals surface area contributed by atoms with Crippen LogP contribution in [0, 0.1) is 0 Å². The zero-order valence-corrected chi connectivity index (χ0v) is 9.54. The lowest BCUT2D eigenvalue weighted by molar-refractivity contribution is 0.357. The zero-order valence-electron chi connectivity index (χ0n) is 8.54. The summed E-state index contributed by atoms with van der Waals surface area (Å²) in [6.07, 6.45) is 0.931. The predicted molar refractivity (Wildman–Crippen MR) is 60.5 cm³/mol. The Balaban J connectivity index is 2.94. The molecule has 1 aromatic carbocycles. The van der Waals surface area contributed by atoms with Crippen LogP contribution in [0.1, 0.15) is 19.4 Å². The Morgan fingerprint density at radius 1 is 1.43 bits per heavy atom. The van der Waals surface area contributed by atoms with Gasteiger partial charge >= 0.3 is 0 Å². The van der Waals surface area contributed by atoms with Crippen molar-refractivity contribution in [3.63, 3.8) is 0 Å². The minimum Gasteiger partial charge on any atom is -0.398 e. The lowest BCUT2D eigenvalue weighted by atomic mass is 10.1. The van der Waals surface area contributed by atoms with Gasteiger partial charge in [-0.15, -0.1) is 0 Å². The lowest BCUT2D eigenvalue weighted by Crippen LogP contribution is -2.06. The first-order chi connectivity index (χ1) is 6.69. The molecule has 0 spiro atoms. The molecule has 1 rings (SSSR count). The van der Waals surface area contributed by atoms with Crippen molar-refractivity contribution in [3.8, 4) is 0 Å². The van der Waals surface area contributed by atoms with Gasteiger partial charge in [-0.3, -0.25) is 4.57 Å². The fourth-order valence-electron chi connectivity index (χ4n) is 1.23. The molecule has 0 aliphatic rings. The second-order valence-corrected chi connectivity index (χ2v) is 4.40. The second kappa shape index (κ2) is 5.18. The summed E-state index contributed by atoms with van der Waals surface area (Å²) in [5.74, 6) is 0. The van der Waals surface area contributed by atoms with Crippen LogP contribution in [0.15, 0.2) is 18.2 Å². The summed E-state index contributed by atoms with van der Waals surface area (Å²) in [6, 6.07) is 5.59. The van der Waals surface area contributed by atoms with Gasteiger partial charge in [-0.05, 0) is 31.0 Å². The van der Waals surface area contributed by atoms with E-state index in [0.29, 0.717) is 17.6 Å². The molecule has 0 aliphatic heterocycles. The Kier molecular flexibility index (Phi) is 4.18. The van der Waals surface area contributed by atoms with E-state index in [0.717, 1.165) is 12.0 Å². The molecule has 0 radical (unpaired) electrons. The largest absolute Gasteiger partial charge is 0.398 e. The number of nitrogen functional groups attached to an aromatic ring is 1.